The summed E-state index contributed by atoms with van der Waals surface area (Å²) in [5.74, 6) is 3.74. The summed E-state index contributed by atoms with van der Waals surface area (Å²) in [6, 6.07) is 12.8. The molecule has 2 saturated heterocycles. The van der Waals surface area contributed by atoms with Gasteiger partial charge >= 0.3 is 12.2 Å². The van der Waals surface area contributed by atoms with Gasteiger partial charge in [-0.3, -0.25) is 4.90 Å². The fourth-order valence-corrected chi connectivity index (χ4v) is 14.0. The average molecular weight is 743 g/mol. The molecule has 6 rings (SSSR count). The molecule has 4 aromatic rings. The van der Waals surface area contributed by atoms with Gasteiger partial charge in [0.05, 0.1) is 12.1 Å². The van der Waals surface area contributed by atoms with E-state index in [0.717, 1.165) is 29.2 Å². The summed E-state index contributed by atoms with van der Waals surface area (Å²) in [6.45, 7) is 20.1. The van der Waals surface area contributed by atoms with Crippen LogP contribution in [0, 0.1) is 23.4 Å². The maximum atomic E-state index is 17.1. The van der Waals surface area contributed by atoms with Gasteiger partial charge in [0.2, 0.25) is 0 Å². The number of anilines is 1. The van der Waals surface area contributed by atoms with Gasteiger partial charge in [-0.25, -0.2) is 9.18 Å². The summed E-state index contributed by atoms with van der Waals surface area (Å²) in [4.78, 5) is 25.1. The van der Waals surface area contributed by atoms with Crippen molar-refractivity contribution < 1.29 is 27.8 Å². The number of fused-ring (bicyclic) bond motifs is 4. The van der Waals surface area contributed by atoms with Crippen molar-refractivity contribution in [3.8, 4) is 28.3 Å². The second-order valence-corrected chi connectivity index (χ2v) is 22.0. The first kappa shape index (κ1) is 38.5. The van der Waals surface area contributed by atoms with Crippen LogP contribution in [0.5, 0.6) is 5.75 Å². The van der Waals surface area contributed by atoms with Crippen LogP contribution in [0.25, 0.3) is 32.8 Å². The number of ether oxygens (including phenoxy) is 3. The van der Waals surface area contributed by atoms with Crippen LogP contribution in [0.15, 0.2) is 42.5 Å². The summed E-state index contributed by atoms with van der Waals surface area (Å²) in [7, 11) is -0.551. The minimum Gasteiger partial charge on any atom is -0.468 e. The van der Waals surface area contributed by atoms with E-state index >= 15 is 8.78 Å². The van der Waals surface area contributed by atoms with Crippen LogP contribution in [-0.2, 0) is 9.47 Å². The number of carbonyl (C=O) groups excluding carboxylic acids is 1. The first-order chi connectivity index (χ1) is 25.0. The highest BCUT2D eigenvalue weighted by atomic mass is 28.3. The number of amides is 1. The molecule has 0 radical (unpaired) electrons. The van der Waals surface area contributed by atoms with Crippen molar-refractivity contribution in [1.82, 2.24) is 14.9 Å². The molecule has 1 amide bonds. The van der Waals surface area contributed by atoms with Gasteiger partial charge in [0.15, 0.2) is 12.6 Å². The van der Waals surface area contributed by atoms with Crippen LogP contribution in [-0.4, -0.2) is 73.7 Å². The molecule has 282 valence electrons. The summed E-state index contributed by atoms with van der Waals surface area (Å²) >= 11 is 0. The molecule has 2 fully saturated rings. The molecule has 0 saturated carbocycles. The molecular formula is C42H52F2N4O4Si. The number of rotatable bonds is 8. The second-order valence-electron chi connectivity index (χ2n) is 16.4. The van der Waals surface area contributed by atoms with E-state index in [1.165, 1.54) is 0 Å². The first-order valence-corrected chi connectivity index (χ1v) is 20.9. The molecule has 3 heterocycles. The number of carbonyl (C=O) groups is 1. The molecule has 2 aliphatic heterocycles. The van der Waals surface area contributed by atoms with Crippen molar-refractivity contribution >= 4 is 41.7 Å². The van der Waals surface area contributed by atoms with Crippen LogP contribution in [0.3, 0.4) is 0 Å². The lowest BCUT2D eigenvalue weighted by atomic mass is 9.93. The maximum Gasteiger partial charge on any atom is 0.410 e. The van der Waals surface area contributed by atoms with Gasteiger partial charge in [0.1, 0.15) is 30.8 Å². The van der Waals surface area contributed by atoms with E-state index in [1.807, 2.05) is 49.9 Å². The number of halogens is 2. The van der Waals surface area contributed by atoms with E-state index < -0.39 is 25.6 Å². The largest absolute Gasteiger partial charge is 0.468 e. The lowest BCUT2D eigenvalue weighted by molar-refractivity contribution is 0.0122. The smallest absolute Gasteiger partial charge is 0.410 e. The van der Waals surface area contributed by atoms with E-state index in [4.69, 9.17) is 14.2 Å². The molecule has 8 nitrogen and oxygen atoms in total. The highest BCUT2D eigenvalue weighted by Gasteiger charge is 2.45. The maximum absolute atomic E-state index is 17.1. The van der Waals surface area contributed by atoms with E-state index in [2.05, 4.69) is 63.0 Å². The van der Waals surface area contributed by atoms with Crippen molar-refractivity contribution in [1.29, 1.82) is 0 Å². The third-order valence-electron chi connectivity index (χ3n) is 11.0. The molecule has 2 bridgehead atoms. The summed E-state index contributed by atoms with van der Waals surface area (Å²) in [5.41, 5.74) is 6.03. The number of hydrogen-bond donors (Lipinski definition) is 0. The zero-order valence-electron chi connectivity index (χ0n) is 32.6. The zero-order valence-corrected chi connectivity index (χ0v) is 33.6. The second kappa shape index (κ2) is 14.9. The fraction of sp³-hybridized carbons (Fsp3) is 0.500. The Kier molecular flexibility index (Phi) is 10.8. The first-order valence-electron chi connectivity index (χ1n) is 18.7. The van der Waals surface area contributed by atoms with Gasteiger partial charge in [-0.2, -0.15) is 14.4 Å². The van der Waals surface area contributed by atoms with E-state index in [9.17, 15) is 4.79 Å². The van der Waals surface area contributed by atoms with Crippen molar-refractivity contribution in [2.75, 3.05) is 31.9 Å². The van der Waals surface area contributed by atoms with E-state index in [1.54, 1.807) is 30.2 Å². The normalized spacial score (nSPS) is 17.6. The third-order valence-corrected chi connectivity index (χ3v) is 17.3. The highest BCUT2D eigenvalue weighted by molar-refractivity contribution is 6.90. The topological polar surface area (TPSA) is 77.0 Å². The molecule has 2 atom stereocenters. The van der Waals surface area contributed by atoms with Crippen molar-refractivity contribution in [2.45, 2.75) is 109 Å². The van der Waals surface area contributed by atoms with Crippen molar-refractivity contribution in [3.63, 3.8) is 0 Å². The van der Waals surface area contributed by atoms with Crippen LogP contribution in [0.4, 0.5) is 19.4 Å². The molecule has 2 unspecified atom stereocenters. The van der Waals surface area contributed by atoms with Gasteiger partial charge in [-0.05, 0) is 85.5 Å². The minimum absolute atomic E-state index is 0.0148. The van der Waals surface area contributed by atoms with Crippen LogP contribution in [0.1, 0.15) is 80.7 Å². The summed E-state index contributed by atoms with van der Waals surface area (Å²) in [5, 5.41) is 2.01. The standard InChI is InChI=1S/C42H52F2N4O4Si/c1-25(2)53(26(3)4,27(5)6)19-18-28-12-11-13-29-20-32(51-24-50-10)21-35(36(28)29)33-16-17-34-38(37(33)43)45-40(44)46-39(34)47-22-30-14-15-31(23-47)48(30)41(49)52-42(7,8)9/h11-13,16-17,20-21,25-27,30-31H,14-15,22-24H2,1-10H3. The minimum atomic E-state index is -2.09. The van der Waals surface area contributed by atoms with Gasteiger partial charge in [0, 0.05) is 42.1 Å². The Bertz CT molecular complexity index is 2050. The number of piperazine rings is 1. The third kappa shape index (κ3) is 7.32. The predicted octanol–water partition coefficient (Wildman–Crippen LogP) is 9.87. The monoisotopic (exact) mass is 742 g/mol. The highest BCUT2D eigenvalue weighted by Crippen LogP contribution is 2.43. The Labute approximate surface area is 313 Å². The van der Waals surface area contributed by atoms with Gasteiger partial charge in [0.25, 0.3) is 0 Å². The quantitative estimate of drug-likeness (QED) is 0.0770. The lowest BCUT2D eigenvalue weighted by Crippen LogP contribution is -2.57. The Balaban J connectivity index is 1.48. The molecule has 3 aromatic carbocycles. The average Bonchev–Trinajstić information content (AvgIpc) is 3.35. The number of methoxy groups -OCH3 is 1. The summed E-state index contributed by atoms with van der Waals surface area (Å²) < 4.78 is 49.2. The van der Waals surface area contributed by atoms with E-state index in [-0.39, 0.29) is 36.1 Å². The predicted molar refractivity (Wildman–Crippen MR) is 210 cm³/mol. The van der Waals surface area contributed by atoms with Crippen LogP contribution in [0.2, 0.25) is 16.6 Å². The van der Waals surface area contributed by atoms with Crippen molar-refractivity contribution in [3.05, 3.63) is 59.9 Å². The number of nitrogens with zero attached hydrogens (tertiary/aromatic N) is 4. The summed E-state index contributed by atoms with van der Waals surface area (Å²) in [6.07, 6.45) is 0.215. The fourth-order valence-electron chi connectivity index (χ4n) is 8.79. The van der Waals surface area contributed by atoms with Gasteiger partial charge in [-0.1, -0.05) is 65.7 Å². The Morgan fingerprint density at radius 1 is 0.943 bits per heavy atom. The van der Waals surface area contributed by atoms with Crippen LogP contribution < -0.4 is 9.64 Å². The van der Waals surface area contributed by atoms with Crippen LogP contribution >= 0.6 is 0 Å². The molecule has 0 N–H and O–H groups in total. The van der Waals surface area contributed by atoms with Gasteiger partial charge < -0.3 is 19.1 Å². The molecule has 0 spiro atoms. The molecular weight excluding hydrogens is 691 g/mol. The van der Waals surface area contributed by atoms with E-state index in [0.29, 0.717) is 52.2 Å². The Morgan fingerprint density at radius 2 is 1.60 bits per heavy atom. The molecule has 1 aromatic heterocycles. The lowest BCUT2D eigenvalue weighted by Gasteiger charge is -2.42. The number of benzene rings is 3. The zero-order chi connectivity index (χ0) is 38.4. The molecule has 0 aliphatic carbocycles. The molecule has 11 heteroatoms. The Morgan fingerprint density at radius 3 is 2.21 bits per heavy atom. The van der Waals surface area contributed by atoms with Gasteiger partial charge in [-0.15, -0.1) is 5.54 Å². The molecule has 2 aliphatic rings. The SMILES string of the molecule is COCOc1cc(-c2ccc3c(N4CC5CCC(C4)N5C(=O)OC(C)(C)C)nc(F)nc3c2F)c2c(C#C[Si](C(C)C)(C(C)C)C(C)C)cccc2c1. The molecule has 53 heavy (non-hydrogen) atoms. The Hall–Kier alpha value is -4.27. The number of aromatic nitrogens is 2. The van der Waals surface area contributed by atoms with Crippen molar-refractivity contribution in [2.24, 2.45) is 0 Å². The number of hydrogen-bond acceptors (Lipinski definition) is 7.